The van der Waals surface area contributed by atoms with Crippen molar-refractivity contribution in [2.75, 3.05) is 38.5 Å². The van der Waals surface area contributed by atoms with Gasteiger partial charge in [0.1, 0.15) is 16.4 Å². The maximum Gasteiger partial charge on any atom is 0.256 e. The predicted molar refractivity (Wildman–Crippen MR) is 106 cm³/mol. The molecule has 0 atom stereocenters. The van der Waals surface area contributed by atoms with Crippen molar-refractivity contribution < 1.29 is 26.2 Å². The van der Waals surface area contributed by atoms with E-state index in [1.165, 1.54) is 16.5 Å². The molecule has 0 unspecified atom stereocenters. The Labute approximate surface area is 174 Å². The van der Waals surface area contributed by atoms with Crippen molar-refractivity contribution in [3.8, 4) is 0 Å². The molecule has 0 spiro atoms. The zero-order valence-corrected chi connectivity index (χ0v) is 18.1. The summed E-state index contributed by atoms with van der Waals surface area (Å²) in [7, 11) is -7.21. The molecule has 0 aromatic carbocycles. The van der Waals surface area contributed by atoms with Crippen LogP contribution >= 0.6 is 0 Å². The van der Waals surface area contributed by atoms with E-state index in [1.807, 2.05) is 0 Å². The number of fused-ring (bicyclic) bond motifs is 1. The molecule has 30 heavy (non-hydrogen) atoms. The van der Waals surface area contributed by atoms with E-state index in [1.54, 1.807) is 29.8 Å². The van der Waals surface area contributed by atoms with Crippen molar-refractivity contribution in [3.05, 3.63) is 35.4 Å². The smallest absolute Gasteiger partial charge is 0.256 e. The van der Waals surface area contributed by atoms with Gasteiger partial charge < -0.3 is 14.3 Å². The molecule has 4 rings (SSSR count). The highest BCUT2D eigenvalue weighted by Crippen LogP contribution is 2.25. The summed E-state index contributed by atoms with van der Waals surface area (Å²) in [6.45, 7) is 4.15. The fraction of sp³-hybridized carbons (Fsp3) is 0.471. The van der Waals surface area contributed by atoms with Gasteiger partial charge in [0.05, 0.1) is 11.3 Å². The largest absolute Gasteiger partial charge is 0.360 e. The normalized spacial score (nSPS) is 21.8. The van der Waals surface area contributed by atoms with E-state index in [9.17, 15) is 21.6 Å². The van der Waals surface area contributed by atoms with Crippen LogP contribution in [0.25, 0.3) is 0 Å². The molecular formula is C17H21N5O6S2. The Morgan fingerprint density at radius 2 is 1.80 bits per heavy atom. The van der Waals surface area contributed by atoms with E-state index >= 15 is 0 Å². The molecular weight excluding hydrogens is 434 g/mol. The molecule has 3 aliphatic rings. The van der Waals surface area contributed by atoms with Crippen molar-refractivity contribution in [2.24, 2.45) is 4.40 Å². The molecule has 0 N–H and O–H groups in total. The third kappa shape index (κ3) is 3.68. The van der Waals surface area contributed by atoms with Crippen LogP contribution in [0.5, 0.6) is 0 Å². The Kier molecular flexibility index (Phi) is 5.06. The number of carbonyl (C=O) groups excluding carboxylic acids is 1. The highest BCUT2D eigenvalue weighted by Gasteiger charge is 2.35. The van der Waals surface area contributed by atoms with Crippen molar-refractivity contribution in [2.45, 2.75) is 18.7 Å². The van der Waals surface area contributed by atoms with E-state index in [0.29, 0.717) is 11.3 Å². The Morgan fingerprint density at radius 1 is 1.10 bits per heavy atom. The topological polar surface area (TPSA) is 133 Å². The van der Waals surface area contributed by atoms with Crippen molar-refractivity contribution >= 4 is 31.8 Å². The van der Waals surface area contributed by atoms with E-state index in [4.69, 9.17) is 4.52 Å². The molecule has 0 saturated carbocycles. The summed E-state index contributed by atoms with van der Waals surface area (Å²) in [4.78, 5) is 16.2. The van der Waals surface area contributed by atoms with Crippen molar-refractivity contribution in [1.82, 2.24) is 19.3 Å². The van der Waals surface area contributed by atoms with Crippen LogP contribution in [0.15, 0.2) is 37.7 Å². The summed E-state index contributed by atoms with van der Waals surface area (Å²) in [5.41, 5.74) is 0.708. The minimum absolute atomic E-state index is 0.0760. The standard InChI is InChI=1S/C17H21N5O6S2/c1-12-16(13(2)28-18-12)30(26,27)22-7-5-20(6-8-22)17(23)14-3-4-15-19-29(24,25)10-9-21(15)11-14/h3-4,11H,5-10H2,1-2H3. The number of sulfonamides is 2. The van der Waals surface area contributed by atoms with Gasteiger partial charge in [0.2, 0.25) is 10.0 Å². The van der Waals surface area contributed by atoms with Gasteiger partial charge in [0.25, 0.3) is 15.9 Å². The lowest BCUT2D eigenvalue weighted by Crippen LogP contribution is -2.51. The summed E-state index contributed by atoms with van der Waals surface area (Å²) < 4.78 is 59.0. The van der Waals surface area contributed by atoms with E-state index in [2.05, 4.69) is 9.55 Å². The van der Waals surface area contributed by atoms with Gasteiger partial charge in [-0.3, -0.25) is 4.79 Å². The summed E-state index contributed by atoms with van der Waals surface area (Å²) >= 11 is 0. The van der Waals surface area contributed by atoms with Crippen LogP contribution in [-0.4, -0.2) is 86.3 Å². The van der Waals surface area contributed by atoms with Gasteiger partial charge in [-0.15, -0.1) is 4.40 Å². The molecule has 1 saturated heterocycles. The Hall–Kier alpha value is -2.51. The van der Waals surface area contributed by atoms with E-state index in [-0.39, 0.29) is 60.9 Å². The quantitative estimate of drug-likeness (QED) is 0.602. The SMILES string of the molecule is Cc1noc(C)c1S(=O)(=O)N1CCN(C(=O)C2=CN3CCS(=O)(=O)N=C3C=C2)CC1. The highest BCUT2D eigenvalue weighted by atomic mass is 32.2. The number of hydrogen-bond donors (Lipinski definition) is 0. The second-order valence-electron chi connectivity index (χ2n) is 7.20. The average Bonchev–Trinajstić information content (AvgIpc) is 3.05. The number of nitrogens with zero attached hydrogens (tertiary/aromatic N) is 5. The van der Waals surface area contributed by atoms with Gasteiger partial charge in [-0.2, -0.15) is 4.31 Å². The van der Waals surface area contributed by atoms with Gasteiger partial charge in [-0.25, -0.2) is 16.8 Å². The summed E-state index contributed by atoms with van der Waals surface area (Å²) in [6, 6.07) is 0. The molecule has 162 valence electrons. The number of aromatic nitrogens is 1. The first-order valence-corrected chi connectivity index (χ1v) is 12.3. The first-order valence-electron chi connectivity index (χ1n) is 9.30. The van der Waals surface area contributed by atoms with Crippen LogP contribution in [0.4, 0.5) is 0 Å². The number of piperazine rings is 1. The zero-order chi connectivity index (χ0) is 21.7. The molecule has 0 bridgehead atoms. The average molecular weight is 456 g/mol. The van der Waals surface area contributed by atoms with Gasteiger partial charge in [0, 0.05) is 38.9 Å². The number of rotatable bonds is 3. The van der Waals surface area contributed by atoms with E-state index in [0.717, 1.165) is 0 Å². The number of carbonyl (C=O) groups is 1. The van der Waals surface area contributed by atoms with Crippen LogP contribution < -0.4 is 0 Å². The summed E-state index contributed by atoms with van der Waals surface area (Å²) in [6.07, 6.45) is 4.62. The molecule has 13 heteroatoms. The van der Waals surface area contributed by atoms with Gasteiger partial charge in [-0.1, -0.05) is 5.16 Å². The lowest BCUT2D eigenvalue weighted by Gasteiger charge is -2.35. The van der Waals surface area contributed by atoms with Crippen molar-refractivity contribution in [1.29, 1.82) is 0 Å². The second-order valence-corrected chi connectivity index (χ2v) is 10.8. The number of hydrogen-bond acceptors (Lipinski definition) is 8. The fourth-order valence-corrected chi connectivity index (χ4v) is 6.30. The maximum atomic E-state index is 12.9. The minimum Gasteiger partial charge on any atom is -0.360 e. The molecule has 1 amide bonds. The van der Waals surface area contributed by atoms with E-state index < -0.39 is 20.0 Å². The van der Waals surface area contributed by atoms with Crippen LogP contribution in [0.2, 0.25) is 0 Å². The lowest BCUT2D eigenvalue weighted by atomic mass is 10.1. The first-order chi connectivity index (χ1) is 14.1. The molecule has 1 aromatic rings. The third-order valence-corrected chi connectivity index (χ3v) is 8.47. The monoisotopic (exact) mass is 455 g/mol. The maximum absolute atomic E-state index is 12.9. The molecule has 1 fully saturated rings. The summed E-state index contributed by atoms with van der Waals surface area (Å²) in [5.74, 6) is 0.173. The zero-order valence-electron chi connectivity index (χ0n) is 16.5. The first kappa shape index (κ1) is 20.8. The van der Waals surface area contributed by atoms with Crippen LogP contribution in [0.1, 0.15) is 11.5 Å². The lowest BCUT2D eigenvalue weighted by molar-refractivity contribution is -0.128. The number of amides is 1. The molecule has 1 aromatic heterocycles. The molecule has 11 nitrogen and oxygen atoms in total. The fourth-order valence-electron chi connectivity index (χ4n) is 3.61. The highest BCUT2D eigenvalue weighted by molar-refractivity contribution is 7.90. The van der Waals surface area contributed by atoms with Crippen LogP contribution in [0, 0.1) is 13.8 Å². The second kappa shape index (κ2) is 7.32. The predicted octanol–water partition coefficient (Wildman–Crippen LogP) is -0.378. The van der Waals surface area contributed by atoms with Crippen molar-refractivity contribution in [3.63, 3.8) is 0 Å². The molecule has 4 heterocycles. The third-order valence-electron chi connectivity index (χ3n) is 5.16. The minimum atomic E-state index is -3.75. The number of amidine groups is 1. The van der Waals surface area contributed by atoms with Gasteiger partial charge in [-0.05, 0) is 26.0 Å². The van der Waals surface area contributed by atoms with Crippen LogP contribution in [-0.2, 0) is 24.8 Å². The molecule has 0 aliphatic carbocycles. The summed E-state index contributed by atoms with van der Waals surface area (Å²) in [5, 5.41) is 3.71. The Morgan fingerprint density at radius 3 is 2.43 bits per heavy atom. The molecule has 0 radical (unpaired) electrons. The molecule has 3 aliphatic heterocycles. The Bertz CT molecular complexity index is 1170. The number of aryl methyl sites for hydroxylation is 2. The van der Waals surface area contributed by atoms with Gasteiger partial charge in [0.15, 0.2) is 5.76 Å². The Balaban J connectivity index is 1.45. The van der Waals surface area contributed by atoms with Gasteiger partial charge >= 0.3 is 0 Å². The van der Waals surface area contributed by atoms with Crippen LogP contribution in [0.3, 0.4) is 0 Å².